The number of hydrogen-bond donors (Lipinski definition) is 0. The fourth-order valence-corrected chi connectivity index (χ4v) is 5.62. The van der Waals surface area contributed by atoms with Gasteiger partial charge in [-0.15, -0.1) is 21.5 Å². The van der Waals surface area contributed by atoms with Crippen molar-refractivity contribution in [2.24, 2.45) is 0 Å². The standard InChI is InChI=1S/C15H13Cl2N3O2S3/c1-8-13(24-9(2)18-8)14-19-20-15(22-14)23-5-6-25(21)12-7-10(16)3-4-11(12)17/h3-4,7H,5-6H2,1-2H3. The van der Waals surface area contributed by atoms with Crippen LogP contribution in [0.4, 0.5) is 0 Å². The van der Waals surface area contributed by atoms with Crippen LogP contribution in [0.2, 0.25) is 10.0 Å². The van der Waals surface area contributed by atoms with Gasteiger partial charge in [0.1, 0.15) is 4.88 Å². The molecule has 0 fully saturated rings. The van der Waals surface area contributed by atoms with Crippen molar-refractivity contribution >= 4 is 57.1 Å². The van der Waals surface area contributed by atoms with Crippen molar-refractivity contribution in [3.05, 3.63) is 38.9 Å². The van der Waals surface area contributed by atoms with Crippen LogP contribution in [0, 0.1) is 13.8 Å². The van der Waals surface area contributed by atoms with Gasteiger partial charge in [-0.25, -0.2) is 4.98 Å². The largest absolute Gasteiger partial charge is 0.410 e. The average molecular weight is 434 g/mol. The van der Waals surface area contributed by atoms with E-state index in [2.05, 4.69) is 15.2 Å². The third-order valence-corrected chi connectivity index (χ3v) is 7.36. The Morgan fingerprint density at radius 1 is 1.28 bits per heavy atom. The first-order valence-electron chi connectivity index (χ1n) is 7.18. The van der Waals surface area contributed by atoms with Gasteiger partial charge in [-0.05, 0) is 32.0 Å². The van der Waals surface area contributed by atoms with Crippen LogP contribution in [0.5, 0.6) is 0 Å². The van der Waals surface area contributed by atoms with Crippen LogP contribution in [0.3, 0.4) is 0 Å². The van der Waals surface area contributed by atoms with E-state index in [1.54, 1.807) is 18.2 Å². The predicted octanol–water partition coefficient (Wildman–Crippen LogP) is 5.02. The summed E-state index contributed by atoms with van der Waals surface area (Å²) >= 11 is 14.9. The first kappa shape index (κ1) is 18.8. The van der Waals surface area contributed by atoms with E-state index in [4.69, 9.17) is 27.6 Å². The highest BCUT2D eigenvalue weighted by atomic mass is 35.5. The molecule has 3 aromatic rings. The lowest BCUT2D eigenvalue weighted by atomic mass is 10.4. The fourth-order valence-electron chi connectivity index (χ4n) is 2.06. The van der Waals surface area contributed by atoms with Gasteiger partial charge >= 0.3 is 0 Å². The molecule has 10 heteroatoms. The van der Waals surface area contributed by atoms with Crippen molar-refractivity contribution in [3.63, 3.8) is 0 Å². The van der Waals surface area contributed by atoms with E-state index < -0.39 is 10.8 Å². The van der Waals surface area contributed by atoms with E-state index in [0.717, 1.165) is 15.6 Å². The lowest BCUT2D eigenvalue weighted by molar-refractivity contribution is 0.466. The van der Waals surface area contributed by atoms with Gasteiger partial charge in [0.25, 0.3) is 11.1 Å². The van der Waals surface area contributed by atoms with Crippen molar-refractivity contribution in [3.8, 4) is 10.8 Å². The van der Waals surface area contributed by atoms with Gasteiger partial charge in [0.15, 0.2) is 0 Å². The second-order valence-corrected chi connectivity index (χ2v) is 9.63. The van der Waals surface area contributed by atoms with E-state index in [-0.39, 0.29) is 0 Å². The number of aryl methyl sites for hydroxylation is 2. The lowest BCUT2D eigenvalue weighted by Crippen LogP contribution is -2.01. The van der Waals surface area contributed by atoms with E-state index in [9.17, 15) is 4.21 Å². The topological polar surface area (TPSA) is 68.9 Å². The minimum absolute atomic E-state index is 0.404. The molecule has 2 aromatic heterocycles. The first-order chi connectivity index (χ1) is 11.9. The van der Waals surface area contributed by atoms with Crippen LogP contribution in [0.15, 0.2) is 32.7 Å². The number of thioether (sulfide) groups is 1. The summed E-state index contributed by atoms with van der Waals surface area (Å²) < 4.78 is 18.0. The van der Waals surface area contributed by atoms with Crippen molar-refractivity contribution in [1.82, 2.24) is 15.2 Å². The maximum absolute atomic E-state index is 12.4. The van der Waals surface area contributed by atoms with Gasteiger partial charge in [0, 0.05) is 16.5 Å². The third-order valence-electron chi connectivity index (χ3n) is 3.14. The molecule has 0 radical (unpaired) electrons. The molecule has 1 aromatic carbocycles. The van der Waals surface area contributed by atoms with Crippen LogP contribution in [0.25, 0.3) is 10.8 Å². The van der Waals surface area contributed by atoms with Crippen molar-refractivity contribution in [2.45, 2.75) is 24.0 Å². The van der Waals surface area contributed by atoms with Gasteiger partial charge in [-0.2, -0.15) is 0 Å². The van der Waals surface area contributed by atoms with Crippen LogP contribution in [-0.4, -0.2) is 30.9 Å². The number of nitrogens with zero attached hydrogens (tertiary/aromatic N) is 3. The summed E-state index contributed by atoms with van der Waals surface area (Å²) in [7, 11) is -1.24. The molecule has 3 rings (SSSR count). The molecule has 0 aliphatic rings. The highest BCUT2D eigenvalue weighted by Gasteiger charge is 2.16. The van der Waals surface area contributed by atoms with Crippen LogP contribution >= 0.6 is 46.3 Å². The second-order valence-electron chi connectivity index (χ2n) is 4.99. The lowest BCUT2D eigenvalue weighted by Gasteiger charge is -2.04. The zero-order valence-corrected chi connectivity index (χ0v) is 17.2. The maximum Gasteiger partial charge on any atom is 0.276 e. The van der Waals surface area contributed by atoms with E-state index in [0.29, 0.717) is 37.6 Å². The summed E-state index contributed by atoms with van der Waals surface area (Å²) in [5, 5.41) is 10.4. The third kappa shape index (κ3) is 4.62. The molecule has 0 N–H and O–H groups in total. The Bertz CT molecular complexity index is 927. The number of aromatic nitrogens is 3. The van der Waals surface area contributed by atoms with E-state index in [1.165, 1.54) is 23.1 Å². The SMILES string of the molecule is Cc1nc(C)c(-c2nnc(SCCS(=O)c3cc(Cl)ccc3Cl)o2)s1. The molecule has 0 amide bonds. The average Bonchev–Trinajstić information content (AvgIpc) is 3.15. The zero-order valence-electron chi connectivity index (χ0n) is 13.3. The van der Waals surface area contributed by atoms with Gasteiger partial charge in [0.05, 0.1) is 31.4 Å². The molecule has 1 unspecified atom stereocenters. The van der Waals surface area contributed by atoms with Gasteiger partial charge in [0.2, 0.25) is 0 Å². The Kier molecular flexibility index (Phi) is 6.17. The van der Waals surface area contributed by atoms with Crippen LogP contribution in [-0.2, 0) is 10.8 Å². The summed E-state index contributed by atoms with van der Waals surface area (Å²) in [6.45, 7) is 3.84. The molecular weight excluding hydrogens is 421 g/mol. The minimum Gasteiger partial charge on any atom is -0.410 e. The van der Waals surface area contributed by atoms with E-state index >= 15 is 0 Å². The number of halogens is 2. The highest BCUT2D eigenvalue weighted by Crippen LogP contribution is 2.31. The molecule has 5 nitrogen and oxygen atoms in total. The smallest absolute Gasteiger partial charge is 0.276 e. The molecular formula is C15H13Cl2N3O2S3. The summed E-state index contributed by atoms with van der Waals surface area (Å²) in [5.74, 6) is 1.42. The molecule has 2 heterocycles. The van der Waals surface area contributed by atoms with Crippen molar-refractivity contribution < 1.29 is 8.63 Å². The summed E-state index contributed by atoms with van der Waals surface area (Å²) in [6, 6.07) is 4.95. The number of benzene rings is 1. The molecule has 1 atom stereocenters. The van der Waals surface area contributed by atoms with Crippen molar-refractivity contribution in [2.75, 3.05) is 11.5 Å². The molecule has 0 saturated heterocycles. The molecule has 0 aliphatic heterocycles. The van der Waals surface area contributed by atoms with Gasteiger partial charge in [-0.1, -0.05) is 35.0 Å². The van der Waals surface area contributed by atoms with Crippen LogP contribution in [0.1, 0.15) is 10.7 Å². The maximum atomic E-state index is 12.4. The molecule has 25 heavy (non-hydrogen) atoms. The Morgan fingerprint density at radius 3 is 2.80 bits per heavy atom. The summed E-state index contributed by atoms with van der Waals surface area (Å²) in [5.41, 5.74) is 0.874. The highest BCUT2D eigenvalue weighted by molar-refractivity contribution is 8.00. The quantitative estimate of drug-likeness (QED) is 0.508. The second kappa shape index (κ2) is 8.18. The Hall–Kier alpha value is -0.930. The van der Waals surface area contributed by atoms with E-state index in [1.807, 2.05) is 13.8 Å². The monoisotopic (exact) mass is 433 g/mol. The zero-order chi connectivity index (χ0) is 18.0. The number of thiazole rings is 1. The summed E-state index contributed by atoms with van der Waals surface area (Å²) in [4.78, 5) is 5.77. The fraction of sp³-hybridized carbons (Fsp3) is 0.267. The Labute approximate surface area is 165 Å². The van der Waals surface area contributed by atoms with Crippen molar-refractivity contribution in [1.29, 1.82) is 0 Å². The number of hydrogen-bond acceptors (Lipinski definition) is 7. The van der Waals surface area contributed by atoms with Crippen LogP contribution < -0.4 is 0 Å². The Balaban J connectivity index is 1.60. The predicted molar refractivity (Wildman–Crippen MR) is 103 cm³/mol. The number of rotatable bonds is 6. The molecule has 0 bridgehead atoms. The summed E-state index contributed by atoms with van der Waals surface area (Å²) in [6.07, 6.45) is 0. The molecule has 0 spiro atoms. The normalized spacial score (nSPS) is 12.5. The Morgan fingerprint density at radius 2 is 2.08 bits per heavy atom. The van der Waals surface area contributed by atoms with Gasteiger partial charge < -0.3 is 4.42 Å². The molecule has 132 valence electrons. The van der Waals surface area contributed by atoms with Gasteiger partial charge in [-0.3, -0.25) is 4.21 Å². The minimum atomic E-state index is -1.24. The molecule has 0 saturated carbocycles. The first-order valence-corrected chi connectivity index (χ1v) is 11.1. The molecule has 0 aliphatic carbocycles.